The lowest BCUT2D eigenvalue weighted by atomic mass is 10.2. The van der Waals surface area contributed by atoms with Crippen molar-refractivity contribution >= 4 is 39.9 Å². The van der Waals surface area contributed by atoms with Crippen LogP contribution in [-0.2, 0) is 0 Å². The van der Waals surface area contributed by atoms with E-state index in [1.54, 1.807) is 0 Å². The monoisotopic (exact) mass is 368 g/mol. The number of benzene rings is 1. The van der Waals surface area contributed by atoms with Crippen LogP contribution in [0.2, 0.25) is 5.02 Å². The van der Waals surface area contributed by atoms with Crippen molar-refractivity contribution in [2.45, 2.75) is 13.0 Å². The quantitative estimate of drug-likeness (QED) is 0.881. The Morgan fingerprint density at radius 2 is 2.32 bits per heavy atom. The first-order chi connectivity index (χ1) is 8.66. The smallest absolute Gasteiger partial charge is 0.133 e. The third-order valence-corrected chi connectivity index (χ3v) is 4.02. The average molecular weight is 370 g/mol. The second kappa shape index (κ2) is 8.32. The van der Waals surface area contributed by atoms with Gasteiger partial charge in [0.25, 0.3) is 0 Å². The minimum atomic E-state index is 0. The molecule has 1 fully saturated rings. The summed E-state index contributed by atoms with van der Waals surface area (Å²) in [7, 11) is 0. The molecule has 3 nitrogen and oxygen atoms in total. The number of nitrogens with one attached hydrogen (secondary N) is 1. The van der Waals surface area contributed by atoms with Crippen LogP contribution in [0.5, 0.6) is 5.75 Å². The summed E-state index contributed by atoms with van der Waals surface area (Å²) >= 11 is 9.34. The maximum atomic E-state index is 5.89. The molecule has 108 valence electrons. The first kappa shape index (κ1) is 17.1. The molecule has 0 radical (unpaired) electrons. The molecule has 0 bridgehead atoms. The highest BCUT2D eigenvalue weighted by Gasteiger charge is 2.17. The fourth-order valence-corrected chi connectivity index (χ4v) is 2.88. The van der Waals surface area contributed by atoms with Gasteiger partial charge in [-0.15, -0.1) is 12.4 Å². The van der Waals surface area contributed by atoms with E-state index >= 15 is 0 Å². The predicted octanol–water partition coefficient (Wildman–Crippen LogP) is 3.20. The van der Waals surface area contributed by atoms with Crippen LogP contribution in [0.25, 0.3) is 0 Å². The molecule has 1 aromatic rings. The summed E-state index contributed by atoms with van der Waals surface area (Å²) in [6, 6.07) is 6.17. The highest BCUT2D eigenvalue weighted by Crippen LogP contribution is 2.27. The molecule has 0 saturated carbocycles. The molecule has 1 N–H and O–H groups in total. The number of rotatable bonds is 4. The molecule has 1 heterocycles. The van der Waals surface area contributed by atoms with E-state index in [0.29, 0.717) is 17.7 Å². The van der Waals surface area contributed by atoms with Crippen molar-refractivity contribution in [1.29, 1.82) is 0 Å². The van der Waals surface area contributed by atoms with E-state index in [4.69, 9.17) is 16.3 Å². The Labute approximate surface area is 134 Å². The molecule has 1 aromatic carbocycles. The first-order valence-corrected chi connectivity index (χ1v) is 7.36. The van der Waals surface area contributed by atoms with Crippen molar-refractivity contribution in [1.82, 2.24) is 10.2 Å². The highest BCUT2D eigenvalue weighted by molar-refractivity contribution is 9.10. The Bertz CT molecular complexity index is 406. The van der Waals surface area contributed by atoms with Crippen LogP contribution in [0.3, 0.4) is 0 Å². The molecular formula is C13H19BrCl2N2O. The van der Waals surface area contributed by atoms with Gasteiger partial charge in [-0.05, 0) is 41.1 Å². The molecule has 0 spiro atoms. The molecule has 1 aliphatic heterocycles. The third kappa shape index (κ3) is 5.12. The van der Waals surface area contributed by atoms with E-state index in [2.05, 4.69) is 33.1 Å². The normalized spacial score (nSPS) is 19.8. The number of piperazine rings is 1. The fourth-order valence-electron chi connectivity index (χ4n) is 2.08. The lowest BCUT2D eigenvalue weighted by Crippen LogP contribution is -2.50. The van der Waals surface area contributed by atoms with E-state index in [1.807, 2.05) is 18.2 Å². The summed E-state index contributed by atoms with van der Waals surface area (Å²) in [5, 5.41) is 4.10. The van der Waals surface area contributed by atoms with Crippen LogP contribution in [0.15, 0.2) is 22.7 Å². The standard InChI is InChI=1S/C13H18BrClN2O.ClH/c1-10-9-16-4-5-17(10)6-7-18-13-3-2-11(15)8-12(13)14;/h2-3,8,10,16H,4-7,9H2,1H3;1H. The third-order valence-electron chi connectivity index (χ3n) is 3.17. The summed E-state index contributed by atoms with van der Waals surface area (Å²) in [4.78, 5) is 2.44. The zero-order valence-electron chi connectivity index (χ0n) is 10.9. The van der Waals surface area contributed by atoms with Gasteiger partial charge in [0.05, 0.1) is 4.47 Å². The molecule has 2 rings (SSSR count). The molecular weight excluding hydrogens is 351 g/mol. The zero-order chi connectivity index (χ0) is 13.0. The Hall–Kier alpha value is -0.0000000000000000555. The highest BCUT2D eigenvalue weighted by atomic mass is 79.9. The van der Waals surface area contributed by atoms with Crippen LogP contribution in [0.4, 0.5) is 0 Å². The van der Waals surface area contributed by atoms with Gasteiger partial charge in [-0.3, -0.25) is 4.90 Å². The van der Waals surface area contributed by atoms with Crippen LogP contribution < -0.4 is 10.1 Å². The van der Waals surface area contributed by atoms with Gasteiger partial charge in [0, 0.05) is 37.2 Å². The van der Waals surface area contributed by atoms with Crippen molar-refractivity contribution in [2.75, 3.05) is 32.8 Å². The Morgan fingerprint density at radius 3 is 3.00 bits per heavy atom. The Morgan fingerprint density at radius 1 is 1.53 bits per heavy atom. The number of nitrogens with zero attached hydrogens (tertiary/aromatic N) is 1. The Kier molecular flexibility index (Phi) is 7.47. The molecule has 6 heteroatoms. The van der Waals surface area contributed by atoms with Gasteiger partial charge in [0.2, 0.25) is 0 Å². The number of hydrogen-bond acceptors (Lipinski definition) is 3. The van der Waals surface area contributed by atoms with E-state index < -0.39 is 0 Å². The topological polar surface area (TPSA) is 24.5 Å². The summed E-state index contributed by atoms with van der Waals surface area (Å²) in [5.74, 6) is 0.849. The summed E-state index contributed by atoms with van der Waals surface area (Å²) in [6.07, 6.45) is 0. The maximum Gasteiger partial charge on any atom is 0.133 e. The fraction of sp³-hybridized carbons (Fsp3) is 0.538. The molecule has 19 heavy (non-hydrogen) atoms. The molecule has 0 amide bonds. The minimum absolute atomic E-state index is 0. The van der Waals surface area contributed by atoms with E-state index in [1.165, 1.54) is 0 Å². The van der Waals surface area contributed by atoms with Gasteiger partial charge in [-0.2, -0.15) is 0 Å². The van der Waals surface area contributed by atoms with Gasteiger partial charge >= 0.3 is 0 Å². The van der Waals surface area contributed by atoms with Crippen molar-refractivity contribution in [3.8, 4) is 5.75 Å². The summed E-state index contributed by atoms with van der Waals surface area (Å²) in [6.45, 7) is 7.11. The van der Waals surface area contributed by atoms with E-state index in [-0.39, 0.29) is 12.4 Å². The zero-order valence-corrected chi connectivity index (χ0v) is 14.0. The van der Waals surface area contributed by atoms with Crippen LogP contribution >= 0.6 is 39.9 Å². The first-order valence-electron chi connectivity index (χ1n) is 6.19. The lowest BCUT2D eigenvalue weighted by Gasteiger charge is -2.33. The van der Waals surface area contributed by atoms with E-state index in [0.717, 1.165) is 36.4 Å². The second-order valence-corrected chi connectivity index (χ2v) is 5.80. The van der Waals surface area contributed by atoms with Gasteiger partial charge in [0.15, 0.2) is 0 Å². The van der Waals surface area contributed by atoms with Crippen molar-refractivity contribution in [3.63, 3.8) is 0 Å². The van der Waals surface area contributed by atoms with Crippen LogP contribution in [-0.4, -0.2) is 43.7 Å². The van der Waals surface area contributed by atoms with Crippen molar-refractivity contribution < 1.29 is 4.74 Å². The van der Waals surface area contributed by atoms with Crippen LogP contribution in [0.1, 0.15) is 6.92 Å². The minimum Gasteiger partial charge on any atom is -0.491 e. The van der Waals surface area contributed by atoms with Gasteiger partial charge in [-0.1, -0.05) is 11.6 Å². The number of halogens is 3. The van der Waals surface area contributed by atoms with Crippen LogP contribution in [0, 0.1) is 0 Å². The summed E-state index contributed by atoms with van der Waals surface area (Å²) < 4.78 is 6.68. The SMILES string of the molecule is CC1CNCCN1CCOc1ccc(Cl)cc1Br.Cl. The van der Waals surface area contributed by atoms with Gasteiger partial charge < -0.3 is 10.1 Å². The summed E-state index contributed by atoms with van der Waals surface area (Å²) in [5.41, 5.74) is 0. The molecule has 1 saturated heterocycles. The molecule has 0 aliphatic carbocycles. The molecule has 1 atom stereocenters. The molecule has 1 aliphatic rings. The number of ether oxygens (including phenoxy) is 1. The van der Waals surface area contributed by atoms with Gasteiger partial charge in [0.1, 0.15) is 12.4 Å². The lowest BCUT2D eigenvalue weighted by molar-refractivity contribution is 0.143. The average Bonchev–Trinajstić information content (AvgIpc) is 2.34. The Balaban J connectivity index is 0.00000180. The van der Waals surface area contributed by atoms with Crippen molar-refractivity contribution in [2.24, 2.45) is 0 Å². The second-order valence-electron chi connectivity index (χ2n) is 4.51. The molecule has 0 aromatic heterocycles. The number of hydrogen-bond donors (Lipinski definition) is 1. The van der Waals surface area contributed by atoms with Gasteiger partial charge in [-0.25, -0.2) is 0 Å². The predicted molar refractivity (Wildman–Crippen MR) is 85.8 cm³/mol. The van der Waals surface area contributed by atoms with E-state index in [9.17, 15) is 0 Å². The van der Waals surface area contributed by atoms with Crippen molar-refractivity contribution in [3.05, 3.63) is 27.7 Å². The molecule has 1 unspecified atom stereocenters. The largest absolute Gasteiger partial charge is 0.491 e. The maximum absolute atomic E-state index is 5.89.